The van der Waals surface area contributed by atoms with Crippen LogP contribution in [0.25, 0.3) is 0 Å². The van der Waals surface area contributed by atoms with Crippen LogP contribution in [0.2, 0.25) is 0 Å². The van der Waals surface area contributed by atoms with Crippen LogP contribution in [0.3, 0.4) is 0 Å². The standard InChI is InChI=1S/C15H19N3S/c1-18-10-7-12(17-18)6-9-16-14-8-11-19-15-5-3-2-4-13(14)15/h2-5,7,10,14,16H,6,8-9,11H2,1H3. The first-order valence-electron chi connectivity index (χ1n) is 6.76. The lowest BCUT2D eigenvalue weighted by molar-refractivity contribution is 0.511. The van der Waals surface area contributed by atoms with Gasteiger partial charge in [-0.3, -0.25) is 4.68 Å². The van der Waals surface area contributed by atoms with Crippen LogP contribution in [0, 0.1) is 0 Å². The molecule has 1 unspecified atom stereocenters. The normalized spacial score (nSPS) is 18.3. The third-order valence-corrected chi connectivity index (χ3v) is 4.62. The van der Waals surface area contributed by atoms with Crippen LogP contribution >= 0.6 is 11.8 Å². The van der Waals surface area contributed by atoms with E-state index < -0.39 is 0 Å². The number of nitrogens with one attached hydrogen (secondary N) is 1. The number of fused-ring (bicyclic) bond motifs is 1. The number of hydrogen-bond donors (Lipinski definition) is 1. The molecule has 0 amide bonds. The average molecular weight is 273 g/mol. The summed E-state index contributed by atoms with van der Waals surface area (Å²) >= 11 is 1.97. The molecule has 19 heavy (non-hydrogen) atoms. The molecule has 100 valence electrons. The van der Waals surface area contributed by atoms with Gasteiger partial charge in [0.1, 0.15) is 0 Å². The molecule has 0 saturated heterocycles. The van der Waals surface area contributed by atoms with Gasteiger partial charge < -0.3 is 5.32 Å². The van der Waals surface area contributed by atoms with Gasteiger partial charge in [0.2, 0.25) is 0 Å². The SMILES string of the molecule is Cn1ccc(CCNC2CCSc3ccccc32)n1. The second kappa shape index (κ2) is 5.80. The summed E-state index contributed by atoms with van der Waals surface area (Å²) < 4.78 is 1.86. The maximum absolute atomic E-state index is 4.41. The van der Waals surface area contributed by atoms with Crippen LogP contribution in [0.15, 0.2) is 41.4 Å². The molecule has 3 nitrogen and oxygen atoms in total. The molecule has 1 aliphatic heterocycles. The largest absolute Gasteiger partial charge is 0.309 e. The molecule has 1 aliphatic rings. The lowest BCUT2D eigenvalue weighted by Gasteiger charge is -2.25. The molecule has 0 saturated carbocycles. The van der Waals surface area contributed by atoms with Crippen molar-refractivity contribution < 1.29 is 0 Å². The van der Waals surface area contributed by atoms with E-state index in [1.54, 1.807) is 0 Å². The molecule has 1 N–H and O–H groups in total. The van der Waals surface area contributed by atoms with Gasteiger partial charge in [0, 0.05) is 37.1 Å². The quantitative estimate of drug-likeness (QED) is 0.929. The van der Waals surface area contributed by atoms with Crippen molar-refractivity contribution >= 4 is 11.8 Å². The fraction of sp³-hybridized carbons (Fsp3) is 0.400. The predicted octanol–water partition coefficient (Wildman–Crippen LogP) is 2.79. The van der Waals surface area contributed by atoms with Crippen LogP contribution in [0.4, 0.5) is 0 Å². The molecule has 1 aromatic carbocycles. The minimum absolute atomic E-state index is 0.501. The number of nitrogens with zero attached hydrogens (tertiary/aromatic N) is 2. The third-order valence-electron chi connectivity index (χ3n) is 3.50. The van der Waals surface area contributed by atoms with E-state index in [1.165, 1.54) is 22.6 Å². The zero-order valence-electron chi connectivity index (χ0n) is 11.2. The maximum Gasteiger partial charge on any atom is 0.0637 e. The number of hydrogen-bond acceptors (Lipinski definition) is 3. The number of benzene rings is 1. The molecule has 0 aliphatic carbocycles. The summed E-state index contributed by atoms with van der Waals surface area (Å²) in [5.74, 6) is 1.21. The van der Waals surface area contributed by atoms with Crippen LogP contribution in [-0.4, -0.2) is 22.1 Å². The Hall–Kier alpha value is -1.26. The molecule has 0 radical (unpaired) electrons. The second-order valence-corrected chi connectivity index (χ2v) is 6.05. The molecule has 0 spiro atoms. The Morgan fingerprint density at radius 2 is 2.26 bits per heavy atom. The molecule has 0 bridgehead atoms. The Morgan fingerprint density at radius 1 is 1.37 bits per heavy atom. The summed E-state index contributed by atoms with van der Waals surface area (Å²) in [5.41, 5.74) is 2.62. The Kier molecular flexibility index (Phi) is 3.89. The highest BCUT2D eigenvalue weighted by atomic mass is 32.2. The molecule has 1 aromatic heterocycles. The smallest absolute Gasteiger partial charge is 0.0637 e. The van der Waals surface area contributed by atoms with E-state index >= 15 is 0 Å². The first-order valence-corrected chi connectivity index (χ1v) is 7.75. The highest BCUT2D eigenvalue weighted by molar-refractivity contribution is 7.99. The Bertz CT molecular complexity index is 550. The minimum Gasteiger partial charge on any atom is -0.309 e. The number of rotatable bonds is 4. The van der Waals surface area contributed by atoms with Gasteiger partial charge in [-0.2, -0.15) is 5.10 Å². The number of aryl methyl sites for hydroxylation is 1. The zero-order chi connectivity index (χ0) is 13.1. The van der Waals surface area contributed by atoms with Crippen LogP contribution < -0.4 is 5.32 Å². The van der Waals surface area contributed by atoms with E-state index in [-0.39, 0.29) is 0 Å². The molecular formula is C15H19N3S. The Labute approximate surface area is 118 Å². The van der Waals surface area contributed by atoms with Crippen molar-refractivity contribution in [2.45, 2.75) is 23.8 Å². The number of aromatic nitrogens is 2. The molecule has 2 aromatic rings. The van der Waals surface area contributed by atoms with Crippen molar-refractivity contribution in [1.82, 2.24) is 15.1 Å². The van der Waals surface area contributed by atoms with Crippen molar-refractivity contribution in [3.05, 3.63) is 47.8 Å². The van der Waals surface area contributed by atoms with Gasteiger partial charge in [-0.1, -0.05) is 18.2 Å². The van der Waals surface area contributed by atoms with Crippen LogP contribution in [0.5, 0.6) is 0 Å². The summed E-state index contributed by atoms with van der Waals surface area (Å²) in [6, 6.07) is 11.3. The van der Waals surface area contributed by atoms with Crippen molar-refractivity contribution in [2.24, 2.45) is 7.05 Å². The van der Waals surface area contributed by atoms with Crippen molar-refractivity contribution in [1.29, 1.82) is 0 Å². The van der Waals surface area contributed by atoms with E-state index in [0.717, 1.165) is 18.7 Å². The van der Waals surface area contributed by atoms with E-state index in [2.05, 4.69) is 40.7 Å². The molecule has 1 atom stereocenters. The molecular weight excluding hydrogens is 254 g/mol. The molecule has 0 fully saturated rings. The van der Waals surface area contributed by atoms with Crippen molar-refractivity contribution in [3.8, 4) is 0 Å². The fourth-order valence-electron chi connectivity index (χ4n) is 2.53. The first kappa shape index (κ1) is 12.8. The summed E-state index contributed by atoms with van der Waals surface area (Å²) in [6.07, 6.45) is 4.21. The summed E-state index contributed by atoms with van der Waals surface area (Å²) in [6.45, 7) is 0.987. The minimum atomic E-state index is 0.501. The van der Waals surface area contributed by atoms with Crippen LogP contribution in [-0.2, 0) is 13.5 Å². The molecule has 3 rings (SSSR count). The van der Waals surface area contributed by atoms with E-state index in [0.29, 0.717) is 6.04 Å². The van der Waals surface area contributed by atoms with E-state index in [4.69, 9.17) is 0 Å². The van der Waals surface area contributed by atoms with Crippen molar-refractivity contribution in [2.75, 3.05) is 12.3 Å². The zero-order valence-corrected chi connectivity index (χ0v) is 12.0. The van der Waals surface area contributed by atoms with Gasteiger partial charge in [0.05, 0.1) is 5.69 Å². The lowest BCUT2D eigenvalue weighted by Crippen LogP contribution is -2.26. The highest BCUT2D eigenvalue weighted by Crippen LogP contribution is 2.35. The lowest BCUT2D eigenvalue weighted by atomic mass is 10.0. The summed E-state index contributed by atoms with van der Waals surface area (Å²) in [7, 11) is 1.96. The monoisotopic (exact) mass is 273 g/mol. The Balaban J connectivity index is 1.59. The Morgan fingerprint density at radius 3 is 3.11 bits per heavy atom. The van der Waals surface area contributed by atoms with Crippen molar-refractivity contribution in [3.63, 3.8) is 0 Å². The average Bonchev–Trinajstić information content (AvgIpc) is 2.85. The third kappa shape index (κ3) is 3.01. The fourth-order valence-corrected chi connectivity index (χ4v) is 3.65. The summed E-state index contributed by atoms with van der Waals surface area (Å²) in [4.78, 5) is 1.43. The predicted molar refractivity (Wildman–Crippen MR) is 79.4 cm³/mol. The van der Waals surface area contributed by atoms with Gasteiger partial charge >= 0.3 is 0 Å². The first-order chi connectivity index (χ1) is 9.33. The topological polar surface area (TPSA) is 29.9 Å². The number of thioether (sulfide) groups is 1. The molecule has 4 heteroatoms. The van der Waals surface area contributed by atoms with Gasteiger partial charge in [-0.15, -0.1) is 11.8 Å². The van der Waals surface area contributed by atoms with Gasteiger partial charge in [-0.05, 0) is 29.9 Å². The molecule has 2 heterocycles. The van der Waals surface area contributed by atoms with Gasteiger partial charge in [-0.25, -0.2) is 0 Å². The highest BCUT2D eigenvalue weighted by Gasteiger charge is 2.19. The van der Waals surface area contributed by atoms with Gasteiger partial charge in [0.15, 0.2) is 0 Å². The van der Waals surface area contributed by atoms with E-state index in [1.807, 2.05) is 29.7 Å². The summed E-state index contributed by atoms with van der Waals surface area (Å²) in [5, 5.41) is 8.08. The van der Waals surface area contributed by atoms with Crippen LogP contribution in [0.1, 0.15) is 23.7 Å². The van der Waals surface area contributed by atoms with E-state index in [9.17, 15) is 0 Å². The van der Waals surface area contributed by atoms with Gasteiger partial charge in [0.25, 0.3) is 0 Å². The maximum atomic E-state index is 4.41. The second-order valence-electron chi connectivity index (χ2n) is 4.91.